The number of hydrogen-bond acceptors (Lipinski definition) is 3. The molecule has 1 aliphatic carbocycles. The first-order valence-corrected chi connectivity index (χ1v) is 3.42. The largest absolute Gasteiger partial charge is 0.430 e. The Bertz CT molecular complexity index is 163. The van der Waals surface area contributed by atoms with Gasteiger partial charge in [-0.15, -0.1) is 0 Å². The second-order valence-corrected chi connectivity index (χ2v) is 2.24. The van der Waals surface area contributed by atoms with E-state index in [1.165, 1.54) is 0 Å². The van der Waals surface area contributed by atoms with Gasteiger partial charge in [0.1, 0.15) is 5.76 Å². The Hall–Kier alpha value is -0.830. The lowest BCUT2D eigenvalue weighted by Crippen LogP contribution is -2.15. The van der Waals surface area contributed by atoms with Crippen molar-refractivity contribution in [2.75, 3.05) is 6.54 Å². The van der Waals surface area contributed by atoms with Crippen LogP contribution in [0.2, 0.25) is 0 Å². The standard InChI is InChI=1S/C7H11NO2/c8-5-7(9)10-6-3-1-2-4-6/h3H,1-2,4-5,8H2. The van der Waals surface area contributed by atoms with Crippen LogP contribution in [0, 0.1) is 0 Å². The van der Waals surface area contributed by atoms with Gasteiger partial charge in [0.2, 0.25) is 0 Å². The van der Waals surface area contributed by atoms with Gasteiger partial charge in [0.15, 0.2) is 0 Å². The molecule has 0 aliphatic heterocycles. The molecule has 0 bridgehead atoms. The van der Waals surface area contributed by atoms with Gasteiger partial charge in [-0.2, -0.15) is 0 Å². The maximum atomic E-state index is 10.6. The first kappa shape index (κ1) is 7.28. The zero-order valence-electron chi connectivity index (χ0n) is 5.80. The Kier molecular flexibility index (Phi) is 2.45. The predicted octanol–water partition coefficient (Wildman–Crippen LogP) is 0.556. The van der Waals surface area contributed by atoms with E-state index < -0.39 is 0 Å². The summed E-state index contributed by atoms with van der Waals surface area (Å²) in [6, 6.07) is 0. The average molecular weight is 141 g/mol. The fraction of sp³-hybridized carbons (Fsp3) is 0.571. The van der Waals surface area contributed by atoms with Gasteiger partial charge in [0, 0.05) is 6.42 Å². The van der Waals surface area contributed by atoms with E-state index in [1.54, 1.807) is 0 Å². The van der Waals surface area contributed by atoms with Gasteiger partial charge in [-0.05, 0) is 18.9 Å². The van der Waals surface area contributed by atoms with Crippen LogP contribution in [0.15, 0.2) is 11.8 Å². The summed E-state index contributed by atoms with van der Waals surface area (Å²) in [6.45, 7) is -0.0304. The molecule has 0 saturated heterocycles. The molecular formula is C7H11NO2. The third-order valence-corrected chi connectivity index (χ3v) is 1.41. The molecule has 1 rings (SSSR count). The summed E-state index contributed by atoms with van der Waals surface area (Å²) < 4.78 is 4.86. The first-order chi connectivity index (χ1) is 4.83. The smallest absolute Gasteiger partial charge is 0.324 e. The zero-order chi connectivity index (χ0) is 7.40. The molecule has 10 heavy (non-hydrogen) atoms. The minimum atomic E-state index is -0.340. The third-order valence-electron chi connectivity index (χ3n) is 1.41. The van der Waals surface area contributed by atoms with Gasteiger partial charge < -0.3 is 10.5 Å². The summed E-state index contributed by atoms with van der Waals surface area (Å²) in [7, 11) is 0. The molecule has 56 valence electrons. The summed E-state index contributed by atoms with van der Waals surface area (Å²) in [5.41, 5.74) is 5.05. The van der Waals surface area contributed by atoms with E-state index in [2.05, 4.69) is 0 Å². The maximum absolute atomic E-state index is 10.6. The van der Waals surface area contributed by atoms with E-state index in [0.717, 1.165) is 25.0 Å². The van der Waals surface area contributed by atoms with Crippen LogP contribution in [0.3, 0.4) is 0 Å². The van der Waals surface area contributed by atoms with Crippen LogP contribution in [0.25, 0.3) is 0 Å². The number of ether oxygens (including phenoxy) is 1. The van der Waals surface area contributed by atoms with Crippen LogP contribution in [0.1, 0.15) is 19.3 Å². The highest BCUT2D eigenvalue weighted by atomic mass is 16.5. The van der Waals surface area contributed by atoms with E-state index >= 15 is 0 Å². The molecule has 2 N–H and O–H groups in total. The first-order valence-electron chi connectivity index (χ1n) is 3.42. The van der Waals surface area contributed by atoms with Crippen molar-refractivity contribution in [2.24, 2.45) is 5.73 Å². The van der Waals surface area contributed by atoms with Crippen molar-refractivity contribution in [1.29, 1.82) is 0 Å². The van der Waals surface area contributed by atoms with Crippen molar-refractivity contribution in [3.8, 4) is 0 Å². The molecule has 0 spiro atoms. The fourth-order valence-electron chi connectivity index (χ4n) is 0.922. The minimum absolute atomic E-state index is 0.0304. The molecule has 0 unspecified atom stereocenters. The van der Waals surface area contributed by atoms with Crippen molar-refractivity contribution in [3.05, 3.63) is 11.8 Å². The van der Waals surface area contributed by atoms with Gasteiger partial charge in [-0.3, -0.25) is 4.79 Å². The van der Waals surface area contributed by atoms with Gasteiger partial charge in [0.05, 0.1) is 6.54 Å². The topological polar surface area (TPSA) is 52.3 Å². The number of allylic oxidation sites excluding steroid dienone is 2. The summed E-state index contributed by atoms with van der Waals surface area (Å²) in [4.78, 5) is 10.6. The van der Waals surface area contributed by atoms with Gasteiger partial charge in [-0.25, -0.2) is 0 Å². The Morgan fingerprint density at radius 3 is 3.10 bits per heavy atom. The van der Waals surface area contributed by atoms with Gasteiger partial charge in [0.25, 0.3) is 0 Å². The molecule has 0 heterocycles. The molecule has 3 heteroatoms. The van der Waals surface area contributed by atoms with Crippen LogP contribution < -0.4 is 5.73 Å². The lowest BCUT2D eigenvalue weighted by molar-refractivity contribution is -0.137. The Labute approximate surface area is 59.8 Å². The summed E-state index contributed by atoms with van der Waals surface area (Å²) in [6.07, 6.45) is 4.93. The van der Waals surface area contributed by atoms with Crippen LogP contribution in [-0.4, -0.2) is 12.5 Å². The Balaban J connectivity index is 2.30. The molecule has 1 aliphatic rings. The van der Waals surface area contributed by atoms with Crippen molar-refractivity contribution in [3.63, 3.8) is 0 Å². The van der Waals surface area contributed by atoms with E-state index in [0.29, 0.717) is 0 Å². The van der Waals surface area contributed by atoms with Crippen LogP contribution >= 0.6 is 0 Å². The van der Waals surface area contributed by atoms with E-state index in [1.807, 2.05) is 6.08 Å². The molecule has 0 saturated carbocycles. The van der Waals surface area contributed by atoms with Crippen LogP contribution in [0.4, 0.5) is 0 Å². The van der Waals surface area contributed by atoms with Crippen LogP contribution in [-0.2, 0) is 9.53 Å². The van der Waals surface area contributed by atoms with E-state index in [-0.39, 0.29) is 12.5 Å². The van der Waals surface area contributed by atoms with Crippen molar-refractivity contribution >= 4 is 5.97 Å². The third kappa shape index (κ3) is 1.84. The number of rotatable bonds is 2. The monoisotopic (exact) mass is 141 g/mol. The second-order valence-electron chi connectivity index (χ2n) is 2.24. The number of hydrogen-bond donors (Lipinski definition) is 1. The lowest BCUT2D eigenvalue weighted by Gasteiger charge is -2.00. The van der Waals surface area contributed by atoms with E-state index in [9.17, 15) is 4.79 Å². The summed E-state index contributed by atoms with van der Waals surface area (Å²) in [5.74, 6) is 0.448. The number of esters is 1. The van der Waals surface area contributed by atoms with Crippen LogP contribution in [0.5, 0.6) is 0 Å². The van der Waals surface area contributed by atoms with Crippen molar-refractivity contribution in [1.82, 2.24) is 0 Å². The summed E-state index contributed by atoms with van der Waals surface area (Å²) in [5, 5.41) is 0. The lowest BCUT2D eigenvalue weighted by atomic mass is 10.4. The van der Waals surface area contributed by atoms with Gasteiger partial charge >= 0.3 is 5.97 Å². The highest BCUT2D eigenvalue weighted by Gasteiger charge is 2.08. The SMILES string of the molecule is NCC(=O)OC1=CCCC1. The molecule has 3 nitrogen and oxygen atoms in total. The summed E-state index contributed by atoms with van der Waals surface area (Å²) >= 11 is 0. The maximum Gasteiger partial charge on any atom is 0.324 e. The second kappa shape index (κ2) is 3.37. The van der Waals surface area contributed by atoms with E-state index in [4.69, 9.17) is 10.5 Å². The molecule has 0 aromatic heterocycles. The van der Waals surface area contributed by atoms with Crippen molar-refractivity contribution in [2.45, 2.75) is 19.3 Å². The molecule has 0 amide bonds. The average Bonchev–Trinajstić information content (AvgIpc) is 2.40. The highest BCUT2D eigenvalue weighted by Crippen LogP contribution is 2.17. The molecule has 0 aromatic rings. The molecule has 0 aromatic carbocycles. The fourth-order valence-corrected chi connectivity index (χ4v) is 0.922. The Morgan fingerprint density at radius 1 is 1.80 bits per heavy atom. The van der Waals surface area contributed by atoms with Crippen molar-refractivity contribution < 1.29 is 9.53 Å². The molecular weight excluding hydrogens is 130 g/mol. The molecule has 0 atom stereocenters. The number of carbonyl (C=O) groups is 1. The quantitative estimate of drug-likeness (QED) is 0.571. The van der Waals surface area contributed by atoms with Gasteiger partial charge in [-0.1, -0.05) is 0 Å². The Morgan fingerprint density at radius 2 is 2.60 bits per heavy atom. The zero-order valence-corrected chi connectivity index (χ0v) is 5.80. The molecule has 0 radical (unpaired) electrons. The minimum Gasteiger partial charge on any atom is -0.430 e. The highest BCUT2D eigenvalue weighted by molar-refractivity contribution is 5.72. The predicted molar refractivity (Wildman–Crippen MR) is 37.1 cm³/mol. The number of carbonyl (C=O) groups excluding carboxylic acids is 1. The number of nitrogens with two attached hydrogens (primary N) is 1. The normalized spacial score (nSPS) is 16.7. The molecule has 0 fully saturated rings.